The van der Waals surface area contributed by atoms with E-state index in [1.807, 2.05) is 0 Å². The highest BCUT2D eigenvalue weighted by Gasteiger charge is 2.25. The molecule has 2 nitrogen and oxygen atoms in total. The molecule has 82 valence electrons. The summed E-state index contributed by atoms with van der Waals surface area (Å²) in [6.07, 6.45) is 3.53. The summed E-state index contributed by atoms with van der Waals surface area (Å²) in [7, 11) is 0. The Labute approximate surface area is 99.1 Å². The van der Waals surface area contributed by atoms with Gasteiger partial charge in [0.15, 0.2) is 5.13 Å². The van der Waals surface area contributed by atoms with E-state index in [0.717, 1.165) is 6.42 Å². The first kappa shape index (κ1) is 9.85. The molecule has 1 aromatic heterocycles. The maximum absolute atomic E-state index is 5.81. The number of thiazole rings is 1. The summed E-state index contributed by atoms with van der Waals surface area (Å²) >= 11 is 1.66. The predicted molar refractivity (Wildman–Crippen MR) is 67.7 cm³/mol. The summed E-state index contributed by atoms with van der Waals surface area (Å²) in [5.74, 6) is 0.514. The molecule has 1 aromatic carbocycles. The first-order valence-electron chi connectivity index (χ1n) is 5.64. The van der Waals surface area contributed by atoms with Crippen LogP contribution in [0.25, 0.3) is 0 Å². The number of benzene rings is 1. The molecule has 0 unspecified atom stereocenters. The van der Waals surface area contributed by atoms with E-state index in [0.29, 0.717) is 11.0 Å². The number of fused-ring (bicyclic) bond motifs is 1. The molecule has 3 heteroatoms. The Morgan fingerprint density at radius 1 is 1.25 bits per heavy atom. The van der Waals surface area contributed by atoms with Crippen LogP contribution in [0.15, 0.2) is 30.3 Å². The molecular weight excluding hydrogens is 216 g/mol. The minimum Gasteiger partial charge on any atom is -0.375 e. The smallest absolute Gasteiger partial charge is 0.180 e. The molecule has 1 aliphatic rings. The fourth-order valence-electron chi connectivity index (χ4n) is 2.44. The van der Waals surface area contributed by atoms with Crippen molar-refractivity contribution in [1.29, 1.82) is 0 Å². The zero-order valence-electron chi connectivity index (χ0n) is 9.02. The van der Waals surface area contributed by atoms with Crippen LogP contribution < -0.4 is 5.73 Å². The molecule has 2 aromatic rings. The van der Waals surface area contributed by atoms with Gasteiger partial charge in [0.2, 0.25) is 0 Å². The third-order valence-corrected chi connectivity index (χ3v) is 4.21. The number of rotatable bonds is 1. The molecule has 3 rings (SSSR count). The van der Waals surface area contributed by atoms with Gasteiger partial charge in [-0.1, -0.05) is 30.3 Å². The zero-order chi connectivity index (χ0) is 11.0. The Hall–Kier alpha value is -1.35. The normalized spacial score (nSPS) is 19.4. The minimum absolute atomic E-state index is 0.514. The number of nitrogens with zero attached hydrogens (tertiary/aromatic N) is 1. The van der Waals surface area contributed by atoms with Crippen molar-refractivity contribution in [3.63, 3.8) is 0 Å². The van der Waals surface area contributed by atoms with Crippen molar-refractivity contribution >= 4 is 16.5 Å². The number of hydrogen-bond donors (Lipinski definition) is 1. The number of nitrogen functional groups attached to an aromatic ring is 1. The third-order valence-electron chi connectivity index (χ3n) is 3.17. The van der Waals surface area contributed by atoms with Gasteiger partial charge in [0, 0.05) is 10.8 Å². The van der Waals surface area contributed by atoms with Crippen LogP contribution in [0, 0.1) is 0 Å². The first-order valence-corrected chi connectivity index (χ1v) is 6.46. The van der Waals surface area contributed by atoms with Crippen molar-refractivity contribution < 1.29 is 0 Å². The lowest BCUT2D eigenvalue weighted by atomic mass is 9.86. The summed E-state index contributed by atoms with van der Waals surface area (Å²) < 4.78 is 0. The average molecular weight is 230 g/mol. The molecule has 0 saturated heterocycles. The maximum Gasteiger partial charge on any atom is 0.180 e. The van der Waals surface area contributed by atoms with Crippen molar-refractivity contribution in [3.8, 4) is 0 Å². The highest BCUT2D eigenvalue weighted by atomic mass is 32.1. The van der Waals surface area contributed by atoms with E-state index in [9.17, 15) is 0 Å². The Morgan fingerprint density at radius 2 is 2.06 bits per heavy atom. The van der Waals surface area contributed by atoms with Gasteiger partial charge in [-0.05, 0) is 24.8 Å². The summed E-state index contributed by atoms with van der Waals surface area (Å²) in [6.45, 7) is 0. The molecule has 0 fully saturated rings. The van der Waals surface area contributed by atoms with Crippen LogP contribution in [-0.4, -0.2) is 4.98 Å². The van der Waals surface area contributed by atoms with Crippen molar-refractivity contribution in [3.05, 3.63) is 46.5 Å². The average Bonchev–Trinajstić information content (AvgIpc) is 2.70. The van der Waals surface area contributed by atoms with E-state index in [4.69, 9.17) is 5.73 Å². The van der Waals surface area contributed by atoms with Gasteiger partial charge in [-0.2, -0.15) is 0 Å². The van der Waals surface area contributed by atoms with Crippen LogP contribution in [-0.2, 0) is 6.42 Å². The van der Waals surface area contributed by atoms with Gasteiger partial charge in [-0.3, -0.25) is 0 Å². The second-order valence-corrected chi connectivity index (χ2v) is 5.28. The van der Waals surface area contributed by atoms with Crippen LogP contribution in [0.2, 0.25) is 0 Å². The van der Waals surface area contributed by atoms with Crippen LogP contribution >= 0.6 is 11.3 Å². The third kappa shape index (κ3) is 1.61. The molecule has 0 aliphatic heterocycles. The molecule has 0 saturated carbocycles. The lowest BCUT2D eigenvalue weighted by molar-refractivity contribution is 0.617. The fraction of sp³-hybridized carbons (Fsp3) is 0.308. The lowest BCUT2D eigenvalue weighted by Crippen LogP contribution is -2.08. The van der Waals surface area contributed by atoms with Gasteiger partial charge < -0.3 is 5.73 Å². The standard InChI is InChI=1S/C13H14N2S/c14-13-15-11-8-4-7-10(12(11)16-13)9-5-2-1-3-6-9/h1-3,5-6,10H,4,7-8H2,(H2,14,15)/t10-/m1/s1. The van der Waals surface area contributed by atoms with Crippen molar-refractivity contribution in [2.24, 2.45) is 0 Å². The quantitative estimate of drug-likeness (QED) is 0.817. The van der Waals surface area contributed by atoms with Gasteiger partial charge in [0.05, 0.1) is 5.69 Å². The van der Waals surface area contributed by atoms with Gasteiger partial charge >= 0.3 is 0 Å². The highest BCUT2D eigenvalue weighted by Crippen LogP contribution is 2.40. The molecule has 1 heterocycles. The van der Waals surface area contributed by atoms with E-state index in [1.165, 1.54) is 29.0 Å². The van der Waals surface area contributed by atoms with Crippen molar-refractivity contribution in [1.82, 2.24) is 4.98 Å². The van der Waals surface area contributed by atoms with Crippen molar-refractivity contribution in [2.75, 3.05) is 5.73 Å². The fourth-order valence-corrected chi connectivity index (χ4v) is 3.48. The SMILES string of the molecule is Nc1nc2c(s1)[C@@H](c1ccccc1)CCC2. The Morgan fingerprint density at radius 3 is 2.88 bits per heavy atom. The van der Waals surface area contributed by atoms with E-state index in [1.54, 1.807) is 11.3 Å². The molecule has 1 atom stereocenters. The predicted octanol–water partition coefficient (Wildman–Crippen LogP) is 3.19. The summed E-state index contributed by atoms with van der Waals surface area (Å²) in [6, 6.07) is 10.7. The van der Waals surface area contributed by atoms with E-state index >= 15 is 0 Å². The Balaban J connectivity index is 2.05. The highest BCUT2D eigenvalue weighted by molar-refractivity contribution is 7.15. The Bertz CT molecular complexity index is 490. The largest absolute Gasteiger partial charge is 0.375 e. The van der Waals surface area contributed by atoms with Crippen molar-refractivity contribution in [2.45, 2.75) is 25.2 Å². The molecule has 16 heavy (non-hydrogen) atoms. The van der Waals surface area contributed by atoms with E-state index in [-0.39, 0.29) is 0 Å². The monoisotopic (exact) mass is 230 g/mol. The topological polar surface area (TPSA) is 38.9 Å². The summed E-state index contributed by atoms with van der Waals surface area (Å²) in [5.41, 5.74) is 8.43. The Kier molecular flexibility index (Phi) is 2.40. The number of nitrogens with two attached hydrogens (primary N) is 1. The number of aromatic nitrogens is 1. The molecular formula is C13H14N2S. The first-order chi connectivity index (χ1) is 7.84. The molecule has 0 bridgehead atoms. The second kappa shape index (κ2) is 3.91. The summed E-state index contributed by atoms with van der Waals surface area (Å²) in [4.78, 5) is 5.81. The molecule has 1 aliphatic carbocycles. The van der Waals surface area contributed by atoms with Crippen LogP contribution in [0.4, 0.5) is 5.13 Å². The molecule has 0 radical (unpaired) electrons. The second-order valence-electron chi connectivity index (χ2n) is 4.22. The summed E-state index contributed by atoms with van der Waals surface area (Å²) in [5, 5.41) is 0.716. The van der Waals surface area contributed by atoms with Gasteiger partial charge in [-0.25, -0.2) is 4.98 Å². The number of anilines is 1. The van der Waals surface area contributed by atoms with Crippen LogP contribution in [0.5, 0.6) is 0 Å². The van der Waals surface area contributed by atoms with Gasteiger partial charge in [-0.15, -0.1) is 11.3 Å². The molecule has 0 spiro atoms. The molecule has 2 N–H and O–H groups in total. The van der Waals surface area contributed by atoms with Gasteiger partial charge in [0.25, 0.3) is 0 Å². The van der Waals surface area contributed by atoms with Gasteiger partial charge in [0.1, 0.15) is 0 Å². The zero-order valence-corrected chi connectivity index (χ0v) is 9.83. The van der Waals surface area contributed by atoms with E-state index < -0.39 is 0 Å². The van der Waals surface area contributed by atoms with Crippen LogP contribution in [0.1, 0.15) is 34.9 Å². The van der Waals surface area contributed by atoms with Crippen LogP contribution in [0.3, 0.4) is 0 Å². The maximum atomic E-state index is 5.81. The lowest BCUT2D eigenvalue weighted by Gasteiger charge is -2.21. The van der Waals surface area contributed by atoms with E-state index in [2.05, 4.69) is 35.3 Å². The minimum atomic E-state index is 0.514. The molecule has 0 amide bonds. The number of hydrogen-bond acceptors (Lipinski definition) is 3. The number of aryl methyl sites for hydroxylation is 1.